The van der Waals surface area contributed by atoms with E-state index in [2.05, 4.69) is 10.6 Å². The molecule has 16 heavy (non-hydrogen) atoms. The lowest BCUT2D eigenvalue weighted by Gasteiger charge is -2.41. The average molecular weight is 332 g/mol. The van der Waals surface area contributed by atoms with E-state index >= 15 is 0 Å². The van der Waals surface area contributed by atoms with E-state index < -0.39 is 0 Å². The van der Waals surface area contributed by atoms with E-state index in [-0.39, 0.29) is 5.82 Å². The van der Waals surface area contributed by atoms with Gasteiger partial charge in [0.25, 0.3) is 0 Å². The van der Waals surface area contributed by atoms with Crippen molar-refractivity contribution in [3.05, 3.63) is 21.5 Å². The second-order valence-electron chi connectivity index (χ2n) is 4.87. The summed E-state index contributed by atoms with van der Waals surface area (Å²) in [5.41, 5.74) is 2.34. The van der Waals surface area contributed by atoms with Gasteiger partial charge in [0.2, 0.25) is 0 Å². The number of hydrogen-bond donors (Lipinski definition) is 2. The maximum Gasteiger partial charge on any atom is 0.138 e. The fourth-order valence-corrected chi connectivity index (χ4v) is 2.96. The summed E-state index contributed by atoms with van der Waals surface area (Å²) < 4.78 is 14.1. The van der Waals surface area contributed by atoms with Crippen LogP contribution >= 0.6 is 22.6 Å². The van der Waals surface area contributed by atoms with Gasteiger partial charge in [-0.15, -0.1) is 0 Å². The highest BCUT2D eigenvalue weighted by atomic mass is 127. The first-order valence-corrected chi connectivity index (χ1v) is 6.73. The van der Waals surface area contributed by atoms with Gasteiger partial charge in [-0.1, -0.05) is 6.42 Å². The van der Waals surface area contributed by atoms with Crippen LogP contribution in [0.25, 0.3) is 0 Å². The van der Waals surface area contributed by atoms with Crippen LogP contribution in [0.1, 0.15) is 19.3 Å². The van der Waals surface area contributed by atoms with Gasteiger partial charge < -0.3 is 10.6 Å². The molecular weight excluding hydrogens is 318 g/mol. The Kier molecular flexibility index (Phi) is 2.49. The lowest BCUT2D eigenvalue weighted by molar-refractivity contribution is 0.171. The molecule has 2 N–H and O–H groups in total. The first-order valence-electron chi connectivity index (χ1n) is 5.65. The van der Waals surface area contributed by atoms with E-state index in [1.165, 1.54) is 19.3 Å². The summed E-state index contributed by atoms with van der Waals surface area (Å²) in [5.74, 6) is -0.141. The smallest absolute Gasteiger partial charge is 0.138 e. The zero-order valence-electron chi connectivity index (χ0n) is 8.95. The molecule has 86 valence electrons. The van der Waals surface area contributed by atoms with E-state index in [9.17, 15) is 4.39 Å². The van der Waals surface area contributed by atoms with Crippen molar-refractivity contribution in [3.63, 3.8) is 0 Å². The van der Waals surface area contributed by atoms with E-state index in [0.29, 0.717) is 8.99 Å². The Hall–Kier alpha value is -0.520. The number of nitrogens with one attached hydrogen (secondary N) is 2. The van der Waals surface area contributed by atoms with Crippen molar-refractivity contribution < 1.29 is 4.39 Å². The molecule has 0 atom stereocenters. The molecular formula is C12H14FIN2. The Labute approximate surface area is 108 Å². The van der Waals surface area contributed by atoms with Crippen molar-refractivity contribution in [2.45, 2.75) is 19.3 Å². The third-order valence-electron chi connectivity index (χ3n) is 3.78. The number of benzene rings is 1. The third kappa shape index (κ3) is 1.67. The largest absolute Gasteiger partial charge is 0.383 e. The van der Waals surface area contributed by atoms with Crippen molar-refractivity contribution in [2.75, 3.05) is 23.7 Å². The normalized spacial score (nSPS) is 21.4. The maximum absolute atomic E-state index is 13.5. The maximum atomic E-state index is 13.5. The molecule has 1 aromatic carbocycles. The van der Waals surface area contributed by atoms with Crippen molar-refractivity contribution in [2.24, 2.45) is 5.41 Å². The molecule has 1 fully saturated rings. The number of halogens is 2. The molecule has 4 heteroatoms. The van der Waals surface area contributed by atoms with Crippen molar-refractivity contribution in [1.29, 1.82) is 0 Å². The van der Waals surface area contributed by atoms with Crippen molar-refractivity contribution >= 4 is 34.0 Å². The predicted molar refractivity (Wildman–Crippen MR) is 72.4 cm³/mol. The highest BCUT2D eigenvalue weighted by Gasteiger charge is 2.38. The van der Waals surface area contributed by atoms with E-state index in [4.69, 9.17) is 0 Å². The molecule has 1 spiro atoms. The van der Waals surface area contributed by atoms with Crippen LogP contribution in [0, 0.1) is 14.8 Å². The second-order valence-corrected chi connectivity index (χ2v) is 6.03. The molecule has 0 saturated heterocycles. The zero-order valence-corrected chi connectivity index (χ0v) is 11.1. The van der Waals surface area contributed by atoms with Gasteiger partial charge in [-0.25, -0.2) is 4.39 Å². The SMILES string of the molecule is Fc1cc2c(cc1I)NCC1(CCC1)CN2. The van der Waals surface area contributed by atoms with Crippen LogP contribution in [-0.4, -0.2) is 13.1 Å². The predicted octanol–water partition coefficient (Wildman–Crippen LogP) is 3.44. The fourth-order valence-electron chi connectivity index (χ4n) is 2.50. The van der Waals surface area contributed by atoms with Crippen LogP contribution in [0.4, 0.5) is 15.8 Å². The monoisotopic (exact) mass is 332 g/mol. The molecule has 0 unspecified atom stereocenters. The molecule has 0 bridgehead atoms. The van der Waals surface area contributed by atoms with Crippen LogP contribution in [-0.2, 0) is 0 Å². The van der Waals surface area contributed by atoms with E-state index in [1.807, 2.05) is 28.7 Å². The van der Waals surface area contributed by atoms with Gasteiger partial charge >= 0.3 is 0 Å². The number of fused-ring (bicyclic) bond motifs is 1. The van der Waals surface area contributed by atoms with Crippen LogP contribution in [0.5, 0.6) is 0 Å². The average Bonchev–Trinajstić information content (AvgIpc) is 2.38. The lowest BCUT2D eigenvalue weighted by atomic mass is 9.69. The quantitative estimate of drug-likeness (QED) is 0.711. The minimum absolute atomic E-state index is 0.141. The number of rotatable bonds is 0. The molecule has 0 aromatic heterocycles. The van der Waals surface area contributed by atoms with Gasteiger partial charge in [0.1, 0.15) is 5.82 Å². The summed E-state index contributed by atoms with van der Waals surface area (Å²) in [7, 11) is 0. The van der Waals surface area contributed by atoms with Crippen LogP contribution in [0.15, 0.2) is 12.1 Å². The lowest BCUT2D eigenvalue weighted by Crippen LogP contribution is -2.40. The Morgan fingerprint density at radius 1 is 1.12 bits per heavy atom. The molecule has 0 radical (unpaired) electrons. The van der Waals surface area contributed by atoms with E-state index in [1.54, 1.807) is 6.07 Å². The summed E-state index contributed by atoms with van der Waals surface area (Å²) >= 11 is 2.03. The molecule has 1 heterocycles. The Morgan fingerprint density at radius 2 is 1.75 bits per heavy atom. The van der Waals surface area contributed by atoms with Crippen molar-refractivity contribution in [3.8, 4) is 0 Å². The molecule has 1 aliphatic carbocycles. The summed E-state index contributed by atoms with van der Waals surface area (Å²) in [6, 6.07) is 3.48. The Balaban J connectivity index is 1.91. The summed E-state index contributed by atoms with van der Waals surface area (Å²) in [6.45, 7) is 1.97. The van der Waals surface area contributed by atoms with Crippen molar-refractivity contribution in [1.82, 2.24) is 0 Å². The molecule has 3 rings (SSSR count). The van der Waals surface area contributed by atoms with Crippen LogP contribution in [0.3, 0.4) is 0 Å². The topological polar surface area (TPSA) is 24.1 Å². The number of hydrogen-bond acceptors (Lipinski definition) is 2. The van der Waals surface area contributed by atoms with Gasteiger partial charge in [-0.3, -0.25) is 0 Å². The zero-order chi connectivity index (χ0) is 11.2. The first-order chi connectivity index (χ1) is 7.69. The van der Waals surface area contributed by atoms with Crippen LogP contribution in [0.2, 0.25) is 0 Å². The van der Waals surface area contributed by atoms with E-state index in [0.717, 1.165) is 24.5 Å². The Morgan fingerprint density at radius 3 is 2.31 bits per heavy atom. The molecule has 2 nitrogen and oxygen atoms in total. The highest BCUT2D eigenvalue weighted by molar-refractivity contribution is 14.1. The standard InChI is InChI=1S/C12H14FIN2/c13-8-4-10-11(5-9(8)14)16-7-12(6-15-10)2-1-3-12/h4-5,15-16H,1-3,6-7H2. The van der Waals surface area contributed by atoms with Gasteiger partial charge in [-0.2, -0.15) is 0 Å². The van der Waals surface area contributed by atoms with Gasteiger partial charge in [0, 0.05) is 24.6 Å². The minimum Gasteiger partial charge on any atom is -0.383 e. The summed E-state index contributed by atoms with van der Waals surface area (Å²) in [4.78, 5) is 0. The second kappa shape index (κ2) is 3.75. The van der Waals surface area contributed by atoms with Gasteiger partial charge in [-0.05, 0) is 41.5 Å². The molecule has 0 amide bonds. The van der Waals surface area contributed by atoms with Gasteiger partial charge in [0.15, 0.2) is 0 Å². The highest BCUT2D eigenvalue weighted by Crippen LogP contribution is 2.43. The minimum atomic E-state index is -0.141. The summed E-state index contributed by atoms with van der Waals surface area (Å²) in [5, 5.41) is 6.83. The first kappa shape index (κ1) is 10.6. The Bertz CT molecular complexity index is 394. The third-order valence-corrected chi connectivity index (χ3v) is 4.61. The molecule has 1 aliphatic heterocycles. The number of anilines is 2. The van der Waals surface area contributed by atoms with Gasteiger partial charge in [0.05, 0.1) is 14.9 Å². The molecule has 1 saturated carbocycles. The summed E-state index contributed by atoms with van der Waals surface area (Å²) in [6.07, 6.45) is 3.88. The molecule has 2 aliphatic rings. The fraction of sp³-hybridized carbons (Fsp3) is 0.500. The van der Waals surface area contributed by atoms with Crippen LogP contribution < -0.4 is 10.6 Å². The molecule has 1 aromatic rings.